The Morgan fingerprint density at radius 1 is 1.40 bits per heavy atom. The maximum Gasteiger partial charge on any atom is 0.180 e. The SMILES string of the molecule is Nc1nc(CCNCc2ccsc2)cs1. The fourth-order valence-electron chi connectivity index (χ4n) is 1.28. The highest BCUT2D eigenvalue weighted by Gasteiger charge is 1.98. The highest BCUT2D eigenvalue weighted by molar-refractivity contribution is 7.13. The lowest BCUT2D eigenvalue weighted by Gasteiger charge is -2.00. The van der Waals surface area contributed by atoms with Crippen molar-refractivity contribution in [1.29, 1.82) is 0 Å². The standard InChI is InChI=1S/C10H13N3S2/c11-10-13-9(7-15-10)1-3-12-5-8-2-4-14-6-8/h2,4,6-7,12H,1,3,5H2,(H2,11,13). The smallest absolute Gasteiger partial charge is 0.180 e. The van der Waals surface area contributed by atoms with Gasteiger partial charge in [-0.05, 0) is 22.4 Å². The number of aromatic nitrogens is 1. The molecule has 0 saturated carbocycles. The molecular formula is C10H13N3S2. The van der Waals surface area contributed by atoms with Crippen LogP contribution in [0.2, 0.25) is 0 Å². The Kier molecular flexibility index (Phi) is 3.71. The van der Waals surface area contributed by atoms with Gasteiger partial charge in [0.1, 0.15) is 0 Å². The summed E-state index contributed by atoms with van der Waals surface area (Å²) in [5, 5.41) is 10.3. The quantitative estimate of drug-likeness (QED) is 0.786. The summed E-state index contributed by atoms with van der Waals surface area (Å²) < 4.78 is 0. The van der Waals surface area contributed by atoms with Crippen molar-refractivity contribution in [3.8, 4) is 0 Å². The van der Waals surface area contributed by atoms with Crippen LogP contribution in [0, 0.1) is 0 Å². The first-order valence-electron chi connectivity index (χ1n) is 4.76. The van der Waals surface area contributed by atoms with Crippen molar-refractivity contribution >= 4 is 27.8 Å². The number of rotatable bonds is 5. The number of nitrogens with two attached hydrogens (primary N) is 1. The lowest BCUT2D eigenvalue weighted by Crippen LogP contribution is -2.16. The molecule has 80 valence electrons. The lowest BCUT2D eigenvalue weighted by molar-refractivity contribution is 0.683. The van der Waals surface area contributed by atoms with Crippen molar-refractivity contribution in [2.75, 3.05) is 12.3 Å². The fraction of sp³-hybridized carbons (Fsp3) is 0.300. The minimum absolute atomic E-state index is 0.655. The van der Waals surface area contributed by atoms with E-state index >= 15 is 0 Å². The molecule has 2 aromatic heterocycles. The van der Waals surface area contributed by atoms with Crippen LogP contribution >= 0.6 is 22.7 Å². The van der Waals surface area contributed by atoms with Crippen LogP contribution in [0.1, 0.15) is 11.3 Å². The van der Waals surface area contributed by atoms with E-state index in [0.717, 1.165) is 25.2 Å². The van der Waals surface area contributed by atoms with Gasteiger partial charge in [0, 0.05) is 24.9 Å². The van der Waals surface area contributed by atoms with Crippen LogP contribution in [0.4, 0.5) is 5.13 Å². The van der Waals surface area contributed by atoms with E-state index in [2.05, 4.69) is 27.1 Å². The Labute approximate surface area is 97.0 Å². The number of nitrogens with one attached hydrogen (secondary N) is 1. The van der Waals surface area contributed by atoms with E-state index in [-0.39, 0.29) is 0 Å². The van der Waals surface area contributed by atoms with Gasteiger partial charge in [0.25, 0.3) is 0 Å². The van der Waals surface area contributed by atoms with Gasteiger partial charge < -0.3 is 11.1 Å². The number of nitrogen functional groups attached to an aromatic ring is 1. The Morgan fingerprint density at radius 3 is 3.00 bits per heavy atom. The number of hydrogen-bond donors (Lipinski definition) is 2. The summed E-state index contributed by atoms with van der Waals surface area (Å²) in [5.41, 5.74) is 7.97. The van der Waals surface area contributed by atoms with Crippen molar-refractivity contribution in [3.63, 3.8) is 0 Å². The molecule has 0 amide bonds. The van der Waals surface area contributed by atoms with Crippen LogP contribution in [-0.2, 0) is 13.0 Å². The van der Waals surface area contributed by atoms with Crippen LogP contribution in [0.3, 0.4) is 0 Å². The highest BCUT2D eigenvalue weighted by Crippen LogP contribution is 2.11. The Balaban J connectivity index is 1.67. The largest absolute Gasteiger partial charge is 0.375 e. The minimum atomic E-state index is 0.655. The van der Waals surface area contributed by atoms with E-state index in [0.29, 0.717) is 5.13 Å². The first kappa shape index (κ1) is 10.6. The van der Waals surface area contributed by atoms with Crippen LogP contribution in [-0.4, -0.2) is 11.5 Å². The maximum absolute atomic E-state index is 5.55. The summed E-state index contributed by atoms with van der Waals surface area (Å²) in [4.78, 5) is 4.20. The predicted molar refractivity (Wildman–Crippen MR) is 66.3 cm³/mol. The summed E-state index contributed by atoms with van der Waals surface area (Å²) in [6.07, 6.45) is 0.942. The van der Waals surface area contributed by atoms with E-state index in [1.165, 1.54) is 16.9 Å². The topological polar surface area (TPSA) is 50.9 Å². The van der Waals surface area contributed by atoms with E-state index in [4.69, 9.17) is 5.73 Å². The van der Waals surface area contributed by atoms with Gasteiger partial charge in [-0.2, -0.15) is 11.3 Å². The van der Waals surface area contributed by atoms with E-state index < -0.39 is 0 Å². The molecule has 3 nitrogen and oxygen atoms in total. The number of hydrogen-bond acceptors (Lipinski definition) is 5. The van der Waals surface area contributed by atoms with Crippen molar-refractivity contribution in [1.82, 2.24) is 10.3 Å². The summed E-state index contributed by atoms with van der Waals surface area (Å²) >= 11 is 3.23. The zero-order chi connectivity index (χ0) is 10.5. The van der Waals surface area contributed by atoms with Gasteiger partial charge in [-0.1, -0.05) is 0 Å². The second kappa shape index (κ2) is 5.25. The molecule has 0 aliphatic carbocycles. The first-order chi connectivity index (χ1) is 7.34. The van der Waals surface area contributed by atoms with E-state index in [1.54, 1.807) is 11.3 Å². The molecule has 0 unspecified atom stereocenters. The number of thiazole rings is 1. The van der Waals surface area contributed by atoms with Gasteiger partial charge in [0.05, 0.1) is 5.69 Å². The van der Waals surface area contributed by atoms with Crippen LogP contribution < -0.4 is 11.1 Å². The fourth-order valence-corrected chi connectivity index (χ4v) is 2.55. The molecule has 3 N–H and O–H groups in total. The molecular weight excluding hydrogens is 226 g/mol. The average Bonchev–Trinajstić information content (AvgIpc) is 2.84. The molecule has 2 heterocycles. The van der Waals surface area contributed by atoms with Crippen LogP contribution in [0.15, 0.2) is 22.2 Å². The first-order valence-corrected chi connectivity index (χ1v) is 6.58. The van der Waals surface area contributed by atoms with Crippen molar-refractivity contribution in [2.45, 2.75) is 13.0 Å². The molecule has 0 aliphatic heterocycles. The van der Waals surface area contributed by atoms with E-state index in [1.807, 2.05) is 5.38 Å². The molecule has 0 bridgehead atoms. The van der Waals surface area contributed by atoms with Gasteiger partial charge in [-0.25, -0.2) is 4.98 Å². The monoisotopic (exact) mass is 239 g/mol. The third kappa shape index (κ3) is 3.30. The van der Waals surface area contributed by atoms with Gasteiger partial charge >= 0.3 is 0 Å². The molecule has 0 spiro atoms. The van der Waals surface area contributed by atoms with Crippen LogP contribution in [0.25, 0.3) is 0 Å². The highest BCUT2D eigenvalue weighted by atomic mass is 32.1. The lowest BCUT2D eigenvalue weighted by atomic mass is 10.3. The normalized spacial score (nSPS) is 10.7. The van der Waals surface area contributed by atoms with Crippen molar-refractivity contribution in [3.05, 3.63) is 33.5 Å². The molecule has 2 rings (SSSR count). The summed E-state index contributed by atoms with van der Waals surface area (Å²) in [6, 6.07) is 2.14. The molecule has 15 heavy (non-hydrogen) atoms. The zero-order valence-corrected chi connectivity index (χ0v) is 9.90. The Hall–Kier alpha value is -0.910. The minimum Gasteiger partial charge on any atom is -0.375 e. The van der Waals surface area contributed by atoms with Crippen LogP contribution in [0.5, 0.6) is 0 Å². The summed E-state index contributed by atoms with van der Waals surface area (Å²) in [5.74, 6) is 0. The molecule has 0 aromatic carbocycles. The molecule has 0 saturated heterocycles. The predicted octanol–water partition coefficient (Wildman–Crippen LogP) is 2.12. The van der Waals surface area contributed by atoms with Gasteiger partial charge in [-0.15, -0.1) is 11.3 Å². The van der Waals surface area contributed by atoms with E-state index in [9.17, 15) is 0 Å². The van der Waals surface area contributed by atoms with Crippen molar-refractivity contribution < 1.29 is 0 Å². The summed E-state index contributed by atoms with van der Waals surface area (Å²) in [7, 11) is 0. The molecule has 0 aliphatic rings. The Morgan fingerprint density at radius 2 is 2.33 bits per heavy atom. The number of nitrogens with zero attached hydrogens (tertiary/aromatic N) is 1. The van der Waals surface area contributed by atoms with Gasteiger partial charge in [0.15, 0.2) is 5.13 Å². The second-order valence-corrected chi connectivity index (χ2v) is 4.91. The Bertz CT molecular complexity index is 394. The second-order valence-electron chi connectivity index (χ2n) is 3.24. The maximum atomic E-state index is 5.55. The molecule has 2 aromatic rings. The third-order valence-electron chi connectivity index (χ3n) is 2.04. The average molecular weight is 239 g/mol. The number of thiophene rings is 1. The van der Waals surface area contributed by atoms with Gasteiger partial charge in [-0.3, -0.25) is 0 Å². The third-order valence-corrected chi connectivity index (χ3v) is 3.49. The molecule has 5 heteroatoms. The number of anilines is 1. The van der Waals surface area contributed by atoms with Gasteiger partial charge in [0.2, 0.25) is 0 Å². The zero-order valence-electron chi connectivity index (χ0n) is 8.27. The van der Waals surface area contributed by atoms with Crippen molar-refractivity contribution in [2.24, 2.45) is 0 Å². The molecule has 0 atom stereocenters. The summed E-state index contributed by atoms with van der Waals surface area (Å²) in [6.45, 7) is 1.88. The molecule has 0 fully saturated rings. The molecule has 0 radical (unpaired) electrons.